The van der Waals surface area contributed by atoms with Crippen LogP contribution in [0.15, 0.2) is 29.6 Å². The van der Waals surface area contributed by atoms with Crippen LogP contribution < -0.4 is 10.2 Å². The van der Waals surface area contributed by atoms with Gasteiger partial charge in [0.25, 0.3) is 0 Å². The molecule has 2 rings (SSSR count). The average molecular weight is 448 g/mol. The Hall–Kier alpha value is -2.45. The normalized spacial score (nSPS) is 11.8. The zero-order valence-corrected chi connectivity index (χ0v) is 19.4. The van der Waals surface area contributed by atoms with Crippen molar-refractivity contribution in [3.63, 3.8) is 0 Å². The molecule has 0 bridgehead atoms. The van der Waals surface area contributed by atoms with Crippen LogP contribution in [0, 0.1) is 0 Å². The topological polar surface area (TPSA) is 91.8 Å². The highest BCUT2D eigenvalue weighted by molar-refractivity contribution is 7.10. The van der Waals surface area contributed by atoms with Crippen LogP contribution in [-0.2, 0) is 9.53 Å². The van der Waals surface area contributed by atoms with E-state index in [1.54, 1.807) is 11.9 Å². The van der Waals surface area contributed by atoms with E-state index in [4.69, 9.17) is 9.84 Å². The third-order valence-electron chi connectivity index (χ3n) is 4.92. The largest absolute Gasteiger partial charge is 0.481 e. The second-order valence-electron chi connectivity index (χ2n) is 7.37. The predicted molar refractivity (Wildman–Crippen MR) is 125 cm³/mol. The summed E-state index contributed by atoms with van der Waals surface area (Å²) in [5.41, 5.74) is 2.37. The van der Waals surface area contributed by atoms with Gasteiger partial charge in [0.1, 0.15) is 11.1 Å². The van der Waals surface area contributed by atoms with Crippen LogP contribution in [-0.4, -0.2) is 42.3 Å². The molecule has 0 unspecified atom stereocenters. The van der Waals surface area contributed by atoms with Crippen LogP contribution in [0.4, 0.5) is 10.5 Å². The van der Waals surface area contributed by atoms with E-state index in [1.165, 1.54) is 30.6 Å². The van der Waals surface area contributed by atoms with Gasteiger partial charge in [-0.05, 0) is 25.5 Å². The lowest BCUT2D eigenvalue weighted by Gasteiger charge is -2.18. The number of aliphatic carboxylic acids is 1. The monoisotopic (exact) mass is 447 g/mol. The molecule has 8 heteroatoms. The predicted octanol–water partition coefficient (Wildman–Crippen LogP) is 5.48. The van der Waals surface area contributed by atoms with E-state index in [2.05, 4.69) is 17.2 Å². The van der Waals surface area contributed by atoms with E-state index < -0.39 is 12.1 Å². The van der Waals surface area contributed by atoms with Crippen molar-refractivity contribution < 1.29 is 19.4 Å². The molecule has 0 aliphatic rings. The molecular formula is C23H33N3O4S. The van der Waals surface area contributed by atoms with Crippen molar-refractivity contribution in [2.24, 2.45) is 0 Å². The number of unbranched alkanes of at least 4 members (excludes halogenated alkanes) is 4. The molecule has 1 heterocycles. The number of aromatic nitrogens is 1. The Labute approximate surface area is 188 Å². The summed E-state index contributed by atoms with van der Waals surface area (Å²) in [6.07, 6.45) is 5.08. The number of nitrogens with zero attached hydrogens (tertiary/aromatic N) is 2. The lowest BCUT2D eigenvalue weighted by atomic mass is 10.1. The molecule has 1 atom stereocenters. The Morgan fingerprint density at radius 1 is 1.23 bits per heavy atom. The third kappa shape index (κ3) is 7.95. The van der Waals surface area contributed by atoms with E-state index in [0.29, 0.717) is 18.2 Å². The number of hydrogen-bond acceptors (Lipinski definition) is 5. The molecule has 0 saturated heterocycles. The van der Waals surface area contributed by atoms with E-state index in [0.717, 1.165) is 29.8 Å². The summed E-state index contributed by atoms with van der Waals surface area (Å²) in [5.74, 6) is -0.921. The molecule has 2 N–H and O–H groups in total. The number of benzene rings is 1. The molecule has 0 saturated carbocycles. The third-order valence-corrected chi connectivity index (χ3v) is 5.85. The van der Waals surface area contributed by atoms with E-state index >= 15 is 0 Å². The highest BCUT2D eigenvalue weighted by Gasteiger charge is 2.20. The molecule has 7 nitrogen and oxygen atoms in total. The number of thiazole rings is 1. The van der Waals surface area contributed by atoms with Crippen LogP contribution in [0.5, 0.6) is 0 Å². The first kappa shape index (κ1) is 24.8. The van der Waals surface area contributed by atoms with Crippen molar-refractivity contribution in [2.75, 3.05) is 25.1 Å². The molecule has 0 aliphatic heterocycles. The van der Waals surface area contributed by atoms with Crippen molar-refractivity contribution in [2.45, 2.75) is 58.5 Å². The van der Waals surface area contributed by atoms with Crippen molar-refractivity contribution in [3.05, 3.63) is 34.7 Å². The maximum absolute atomic E-state index is 12.5. The first-order valence-electron chi connectivity index (χ1n) is 10.9. The number of ether oxygens (including phenoxy) is 1. The van der Waals surface area contributed by atoms with Gasteiger partial charge < -0.3 is 15.2 Å². The molecule has 1 aromatic carbocycles. The standard InChI is InChI=1S/C23H33N3O4S/c1-4-6-7-8-9-13-24-23(29)26(3)18-12-10-11-17(14-18)19-16-31-22(25-19)20(30-5-2)15-21(27)28/h10-12,14,16,20H,4-9,13,15H2,1-3H3,(H,24,29)(H,27,28)/t20-/m0/s1. The Balaban J connectivity index is 2.02. The summed E-state index contributed by atoms with van der Waals surface area (Å²) in [7, 11) is 1.75. The van der Waals surface area contributed by atoms with Gasteiger partial charge in [-0.3, -0.25) is 9.69 Å². The minimum Gasteiger partial charge on any atom is -0.481 e. The first-order chi connectivity index (χ1) is 15.0. The van der Waals surface area contributed by atoms with Crippen molar-refractivity contribution in [1.29, 1.82) is 0 Å². The average Bonchev–Trinajstić information content (AvgIpc) is 3.25. The summed E-state index contributed by atoms with van der Waals surface area (Å²) in [4.78, 5) is 29.8. The quantitative estimate of drug-likeness (QED) is 0.397. The second-order valence-corrected chi connectivity index (χ2v) is 8.26. The fourth-order valence-corrected chi connectivity index (χ4v) is 4.05. The Morgan fingerprint density at radius 3 is 2.71 bits per heavy atom. The summed E-state index contributed by atoms with van der Waals surface area (Å²) >= 11 is 1.38. The number of anilines is 1. The molecule has 2 aromatic rings. The number of hydrogen-bond donors (Lipinski definition) is 2. The van der Waals surface area contributed by atoms with Crippen LogP contribution in [0.1, 0.15) is 63.5 Å². The molecule has 0 fully saturated rings. The summed E-state index contributed by atoms with van der Waals surface area (Å²) in [6.45, 7) is 5.11. The minimum absolute atomic E-state index is 0.123. The van der Waals surface area contributed by atoms with Crippen LogP contribution in [0.3, 0.4) is 0 Å². The van der Waals surface area contributed by atoms with Gasteiger partial charge in [-0.2, -0.15) is 0 Å². The summed E-state index contributed by atoms with van der Waals surface area (Å²) in [5, 5.41) is 14.6. The number of amides is 2. The maximum atomic E-state index is 12.5. The Morgan fingerprint density at radius 2 is 2.00 bits per heavy atom. The van der Waals surface area contributed by atoms with Gasteiger partial charge in [-0.1, -0.05) is 44.7 Å². The molecule has 2 amide bonds. The maximum Gasteiger partial charge on any atom is 0.321 e. The zero-order valence-electron chi connectivity index (χ0n) is 18.6. The SMILES string of the molecule is CCCCCCCNC(=O)N(C)c1cccc(-c2csc([C@H](CC(=O)O)OCC)n2)c1. The number of carbonyl (C=O) groups excluding carboxylic acids is 1. The summed E-state index contributed by atoms with van der Waals surface area (Å²) in [6, 6.07) is 7.46. The molecule has 0 radical (unpaired) electrons. The zero-order chi connectivity index (χ0) is 22.6. The van der Waals surface area contributed by atoms with Gasteiger partial charge in [-0.15, -0.1) is 11.3 Å². The van der Waals surface area contributed by atoms with Crippen molar-refractivity contribution in [3.8, 4) is 11.3 Å². The molecule has 170 valence electrons. The fourth-order valence-electron chi connectivity index (χ4n) is 3.18. The molecule has 0 spiro atoms. The highest BCUT2D eigenvalue weighted by atomic mass is 32.1. The number of carbonyl (C=O) groups is 2. The number of nitrogens with one attached hydrogen (secondary N) is 1. The van der Waals surface area contributed by atoms with E-state index in [-0.39, 0.29) is 12.5 Å². The Kier molecular flexibility index (Phi) is 10.5. The summed E-state index contributed by atoms with van der Waals surface area (Å²) < 4.78 is 5.56. The minimum atomic E-state index is -0.921. The van der Waals surface area contributed by atoms with Gasteiger partial charge in [-0.25, -0.2) is 9.78 Å². The van der Waals surface area contributed by atoms with Gasteiger partial charge >= 0.3 is 12.0 Å². The first-order valence-corrected chi connectivity index (χ1v) is 11.7. The van der Waals surface area contributed by atoms with Crippen LogP contribution in [0.25, 0.3) is 11.3 Å². The fraction of sp³-hybridized carbons (Fsp3) is 0.522. The second kappa shape index (κ2) is 13.1. The molecule has 31 heavy (non-hydrogen) atoms. The lowest BCUT2D eigenvalue weighted by Crippen LogP contribution is -2.37. The number of rotatable bonds is 13. The number of carboxylic acid groups (broad SMARTS) is 1. The van der Waals surface area contributed by atoms with Crippen molar-refractivity contribution >= 4 is 29.0 Å². The van der Waals surface area contributed by atoms with Crippen molar-refractivity contribution in [1.82, 2.24) is 10.3 Å². The Bertz CT molecular complexity index is 840. The van der Waals surface area contributed by atoms with Gasteiger partial charge in [0.05, 0.1) is 12.1 Å². The van der Waals surface area contributed by atoms with Gasteiger partial charge in [0.15, 0.2) is 0 Å². The van der Waals surface area contributed by atoms with E-state index in [9.17, 15) is 9.59 Å². The molecule has 1 aromatic heterocycles. The van der Waals surface area contributed by atoms with Gasteiger partial charge in [0, 0.05) is 36.8 Å². The van der Waals surface area contributed by atoms with Gasteiger partial charge in [0.2, 0.25) is 0 Å². The highest BCUT2D eigenvalue weighted by Crippen LogP contribution is 2.30. The lowest BCUT2D eigenvalue weighted by molar-refractivity contribution is -0.140. The van der Waals surface area contributed by atoms with Crippen LogP contribution >= 0.6 is 11.3 Å². The number of urea groups is 1. The smallest absolute Gasteiger partial charge is 0.321 e. The molecular weight excluding hydrogens is 414 g/mol. The number of carboxylic acids is 1. The van der Waals surface area contributed by atoms with E-state index in [1.807, 2.05) is 36.6 Å². The van der Waals surface area contributed by atoms with Crippen LogP contribution in [0.2, 0.25) is 0 Å². The molecule has 0 aliphatic carbocycles.